The number of alkyl halides is 22. The molecule has 0 atom stereocenters. The summed E-state index contributed by atoms with van der Waals surface area (Å²) in [4.78, 5) is 0. The molecule has 0 aliphatic carbocycles. The fraction of sp³-hybridized carbons (Fsp3) is 0.907. The summed E-state index contributed by atoms with van der Waals surface area (Å²) in [7, 11) is 0. The monoisotopic (exact) mass is 1320 g/mol. The molecule has 2 rings (SSSR count). The molecule has 2 heterocycles. The molecule has 0 unspecified atom stereocenters. The Kier molecular flexibility index (Phi) is 63.8. The zero-order valence-electron chi connectivity index (χ0n) is 43.6. The van der Waals surface area contributed by atoms with Crippen LogP contribution in [-0.2, 0) is 9.47 Å². The van der Waals surface area contributed by atoms with Gasteiger partial charge in [0.15, 0.2) is 17.4 Å². The van der Waals surface area contributed by atoms with Crippen molar-refractivity contribution in [2.45, 2.75) is 175 Å². The van der Waals surface area contributed by atoms with E-state index in [1.54, 1.807) is 34.7 Å². The molecule has 1 saturated heterocycles. The van der Waals surface area contributed by atoms with E-state index in [1.807, 2.05) is 13.8 Å². The minimum Gasteiger partial charge on any atom is -1.00 e. The standard InChI is InChI=1S/C9H12F6N2.C9H16F6N2.C9H8F6N2.C4H8O.C4H10O.C3H4F3I.C3H2N2.2CH4.Al.Li.Na.5H/c10-8(11,12)3-1-7(5-16-17-6-7)2-4-9(13,14)15;2*10-8(11,12)3-1-7(5-16,6-17)2-4-9(13,14)15;1-2-4-5-3-1;1-3-5-4-2;4-3(5,6)1-2-7;4-2-1-3-5;;;;;;;;;;/h1-6H2;1-6,16-17H2;1-4H2;1-4H2;3-4H2,1-2H3;1-2H2;1H2;2*1H4;;;;;;;;/q;;;;;;;;;;2*+1;;;;2*-1. The molecule has 456 valence electrons. The maximum absolute atomic E-state index is 12.1. The van der Waals surface area contributed by atoms with E-state index in [4.69, 9.17) is 42.0 Å². The molecule has 35 heteroatoms. The average molecular weight is 1320 g/mol. The number of nitrogens with zero attached hydrogens (tertiary/aromatic N) is 6. The number of halogens is 22. The fourth-order valence-corrected chi connectivity index (χ4v) is 5.69. The molecule has 0 saturated carbocycles. The summed E-state index contributed by atoms with van der Waals surface area (Å²) in [6, 6.07) is 5.81. The number of hydrogen-bond donors (Lipinski definition) is 2. The molecule has 4 N–H and O–H groups in total. The van der Waals surface area contributed by atoms with Crippen molar-refractivity contribution in [3.63, 3.8) is 0 Å². The Hall–Kier alpha value is -1.21. The van der Waals surface area contributed by atoms with E-state index < -0.39 is 130 Å². The van der Waals surface area contributed by atoms with Crippen molar-refractivity contribution >= 4 is 40.0 Å². The van der Waals surface area contributed by atoms with Crippen molar-refractivity contribution in [1.29, 1.82) is 21.0 Å². The minimum atomic E-state index is -4.60. The predicted octanol–water partition coefficient (Wildman–Crippen LogP) is 9.36. The first-order valence-electron chi connectivity index (χ1n) is 21.6. The minimum absolute atomic E-state index is 0. The van der Waals surface area contributed by atoms with Gasteiger partial charge in [0.25, 0.3) is 0 Å². The number of nitrogens with two attached hydrogens (primary N) is 2. The second-order valence-corrected chi connectivity index (χ2v) is 16.7. The van der Waals surface area contributed by atoms with Gasteiger partial charge in [-0.2, -0.15) is 123 Å². The van der Waals surface area contributed by atoms with Crippen molar-refractivity contribution in [3.05, 3.63) is 0 Å². The largest absolute Gasteiger partial charge is 1.00 e. The number of ether oxygens (including phenoxy) is 2. The third kappa shape index (κ3) is 72.8. The first-order chi connectivity index (χ1) is 33.1. The molecule has 10 nitrogen and oxygen atoms in total. The van der Waals surface area contributed by atoms with Crippen LogP contribution in [0.5, 0.6) is 0 Å². The van der Waals surface area contributed by atoms with Gasteiger partial charge in [0.1, 0.15) is 11.8 Å². The van der Waals surface area contributed by atoms with Gasteiger partial charge in [-0.25, -0.2) is 0 Å². The quantitative estimate of drug-likeness (QED) is 0.0623. The molecule has 2 aliphatic rings. The van der Waals surface area contributed by atoms with E-state index in [-0.39, 0.29) is 133 Å². The number of azo groups is 1. The van der Waals surface area contributed by atoms with Crippen LogP contribution in [0.3, 0.4) is 0 Å². The molecular weight excluding hydrogens is 1240 g/mol. The second-order valence-electron chi connectivity index (χ2n) is 15.7. The summed E-state index contributed by atoms with van der Waals surface area (Å²) in [6.45, 7) is 7.02. The summed E-state index contributed by atoms with van der Waals surface area (Å²) >= 11 is 1.69. The average Bonchev–Trinajstić information content (AvgIpc) is 4.00. The molecule has 0 spiro atoms. The summed E-state index contributed by atoms with van der Waals surface area (Å²) in [5.74, 6) is 0. The Morgan fingerprint density at radius 1 is 0.526 bits per heavy atom. The van der Waals surface area contributed by atoms with Crippen LogP contribution >= 0.6 is 22.6 Å². The molecule has 0 bridgehead atoms. The van der Waals surface area contributed by atoms with E-state index in [1.165, 1.54) is 25.0 Å². The third-order valence-corrected chi connectivity index (χ3v) is 9.94. The Morgan fingerprint density at radius 3 is 0.962 bits per heavy atom. The summed E-state index contributed by atoms with van der Waals surface area (Å²) < 4.78 is 259. The van der Waals surface area contributed by atoms with Crippen molar-refractivity contribution in [1.82, 2.24) is 0 Å². The van der Waals surface area contributed by atoms with Crippen molar-refractivity contribution in [3.8, 4) is 24.3 Å². The van der Waals surface area contributed by atoms with Crippen molar-refractivity contribution in [2.24, 2.45) is 37.9 Å². The Bertz CT molecular complexity index is 1480. The Labute approximate surface area is 504 Å². The number of nitriles is 4. The predicted molar refractivity (Wildman–Crippen MR) is 256 cm³/mol. The molecule has 0 radical (unpaired) electrons. The van der Waals surface area contributed by atoms with Crippen LogP contribution in [0, 0.1) is 61.6 Å². The van der Waals surface area contributed by atoms with Crippen LogP contribution < -0.4 is 59.9 Å². The van der Waals surface area contributed by atoms with Gasteiger partial charge in [-0.1, -0.05) is 37.4 Å². The fourth-order valence-electron chi connectivity index (χ4n) is 5.08. The molecular formula is C43H73AlF21ILiN8NaO2. The van der Waals surface area contributed by atoms with E-state index in [0.29, 0.717) is 0 Å². The Morgan fingerprint density at radius 2 is 0.808 bits per heavy atom. The maximum atomic E-state index is 12.1. The Balaban J connectivity index is -0.0000000703. The zero-order chi connectivity index (χ0) is 58.3. The summed E-state index contributed by atoms with van der Waals surface area (Å²) in [5.41, 5.74) is 5.94. The molecule has 0 aromatic heterocycles. The molecule has 78 heavy (non-hydrogen) atoms. The van der Waals surface area contributed by atoms with Gasteiger partial charge >= 0.3 is 91.7 Å². The maximum Gasteiger partial charge on any atom is 1.00 e. The molecule has 0 aromatic carbocycles. The molecule has 0 amide bonds. The van der Waals surface area contributed by atoms with Crippen molar-refractivity contribution < 1.29 is 153 Å². The first kappa shape index (κ1) is 98.9. The smallest absolute Gasteiger partial charge is 1.00 e. The van der Waals surface area contributed by atoms with E-state index in [0.717, 1.165) is 26.4 Å². The summed E-state index contributed by atoms with van der Waals surface area (Å²) in [5, 5.41) is 39.4. The topological polar surface area (TPSA) is 190 Å². The van der Waals surface area contributed by atoms with E-state index in [2.05, 4.69) is 10.2 Å². The number of hydrogen-bond acceptors (Lipinski definition) is 10. The van der Waals surface area contributed by atoms with Gasteiger partial charge in [-0.05, 0) is 83.7 Å². The second kappa shape index (κ2) is 50.3. The summed E-state index contributed by atoms with van der Waals surface area (Å²) in [6.07, 6.45) is -39.7. The van der Waals surface area contributed by atoms with E-state index in [9.17, 15) is 92.2 Å². The van der Waals surface area contributed by atoms with Gasteiger partial charge in [-0.15, -0.1) is 0 Å². The van der Waals surface area contributed by atoms with Crippen LogP contribution in [0.15, 0.2) is 10.2 Å². The van der Waals surface area contributed by atoms with Crippen LogP contribution in [0.1, 0.15) is 134 Å². The third-order valence-electron chi connectivity index (χ3n) is 9.40. The van der Waals surface area contributed by atoms with Gasteiger partial charge in [0.2, 0.25) is 0 Å². The van der Waals surface area contributed by atoms with Gasteiger partial charge < -0.3 is 23.8 Å². The van der Waals surface area contributed by atoms with Crippen LogP contribution in [0.25, 0.3) is 0 Å². The van der Waals surface area contributed by atoms with Gasteiger partial charge in [0.05, 0.1) is 43.8 Å². The van der Waals surface area contributed by atoms with E-state index >= 15 is 0 Å². The van der Waals surface area contributed by atoms with Crippen LogP contribution in [-0.4, -0.2) is 118 Å². The molecule has 0 aromatic rings. The first-order valence-corrected chi connectivity index (χ1v) is 23.1. The molecule has 2 aliphatic heterocycles. The normalized spacial score (nSPS) is 13.7. The number of rotatable bonds is 17. The van der Waals surface area contributed by atoms with Crippen molar-refractivity contribution in [2.75, 3.05) is 57.0 Å². The SMILES string of the molecule is C.C.C1CCOC1.CCOCC.FC(F)(F)CCC1(CCC(F)(F)F)CN=NC1.FC(F)(F)CCI.N#CC(C#N)(CCC(F)(F)F)CCC(F)(F)F.N#CCC#N.NCC(CN)(CCC(F)(F)F)CCC(F)(F)F.[AlH3].[H-].[H-].[Li+].[Na+]. The van der Waals surface area contributed by atoms with Gasteiger partial charge in [-0.3, -0.25) is 0 Å². The van der Waals surface area contributed by atoms with Crippen LogP contribution in [0.4, 0.5) is 92.2 Å². The van der Waals surface area contributed by atoms with Gasteiger partial charge in [0, 0.05) is 74.8 Å². The zero-order valence-corrected chi connectivity index (χ0v) is 45.8. The van der Waals surface area contributed by atoms with Crippen LogP contribution in [0.2, 0.25) is 0 Å². The molecule has 1 fully saturated rings.